The molecule has 0 aliphatic carbocycles. The summed E-state index contributed by atoms with van der Waals surface area (Å²) in [6.45, 7) is 0.245. The molecule has 1 N–H and O–H groups in total. The fraction of sp³-hybridized carbons (Fsp3) is 0.0455. The molecule has 3 aromatic carbocycles. The predicted octanol–water partition coefficient (Wildman–Crippen LogP) is 3.95. The van der Waals surface area contributed by atoms with E-state index in [0.717, 1.165) is 10.9 Å². The van der Waals surface area contributed by atoms with Gasteiger partial charge >= 0.3 is 0 Å². The van der Waals surface area contributed by atoms with Crippen LogP contribution in [0.3, 0.4) is 0 Å². The van der Waals surface area contributed by atoms with Gasteiger partial charge < -0.3 is 5.32 Å². The number of para-hydroxylation sites is 1. The highest BCUT2D eigenvalue weighted by atomic mass is 32.2. The van der Waals surface area contributed by atoms with Crippen molar-refractivity contribution in [2.24, 2.45) is 0 Å². The quantitative estimate of drug-likeness (QED) is 0.544. The average molecular weight is 408 g/mol. The number of rotatable bonds is 5. The smallest absolute Gasteiger partial charge is 0.268 e. The van der Waals surface area contributed by atoms with Gasteiger partial charge in [0.25, 0.3) is 15.9 Å². The summed E-state index contributed by atoms with van der Waals surface area (Å²) in [7, 11) is -3.77. The maximum atomic E-state index is 13.0. The molecule has 0 saturated heterocycles. The molecule has 1 aromatic heterocycles. The average Bonchev–Trinajstić information content (AvgIpc) is 3.18. The molecule has 0 fully saturated rings. The number of hydrogen-bond acceptors (Lipinski definition) is 3. The summed E-state index contributed by atoms with van der Waals surface area (Å²) in [5.41, 5.74) is 1.69. The number of fused-ring (bicyclic) bond motifs is 1. The van der Waals surface area contributed by atoms with Gasteiger partial charge in [-0.25, -0.2) is 16.8 Å². The number of carbonyl (C=O) groups is 1. The molecule has 0 unspecified atom stereocenters. The van der Waals surface area contributed by atoms with Crippen molar-refractivity contribution in [2.75, 3.05) is 0 Å². The summed E-state index contributed by atoms with van der Waals surface area (Å²) < 4.78 is 40.1. The lowest BCUT2D eigenvalue weighted by Crippen LogP contribution is -2.22. The topological polar surface area (TPSA) is 68.2 Å². The van der Waals surface area contributed by atoms with Crippen LogP contribution < -0.4 is 5.32 Å². The lowest BCUT2D eigenvalue weighted by Gasteiger charge is -2.09. The van der Waals surface area contributed by atoms with Crippen molar-refractivity contribution in [2.45, 2.75) is 11.4 Å². The SMILES string of the molecule is O=C(NCc1ccc(F)cc1)c1ccc(S(=O)(=O)n2ccc3ccccc32)cc1. The Bertz CT molecular complexity index is 1280. The molecule has 29 heavy (non-hydrogen) atoms. The van der Waals surface area contributed by atoms with Crippen LogP contribution in [-0.4, -0.2) is 18.3 Å². The number of nitrogens with one attached hydrogen (secondary N) is 1. The van der Waals surface area contributed by atoms with Crippen molar-refractivity contribution in [1.29, 1.82) is 0 Å². The van der Waals surface area contributed by atoms with Crippen LogP contribution in [0.4, 0.5) is 4.39 Å². The van der Waals surface area contributed by atoms with E-state index in [9.17, 15) is 17.6 Å². The Kier molecular flexibility index (Phi) is 4.90. The molecular weight excluding hydrogens is 391 g/mol. The molecule has 0 spiro atoms. The zero-order valence-electron chi connectivity index (χ0n) is 15.2. The number of hydrogen-bond donors (Lipinski definition) is 1. The molecule has 4 aromatic rings. The summed E-state index contributed by atoms with van der Waals surface area (Å²) in [5, 5.41) is 3.56. The first kappa shape index (κ1) is 18.9. The van der Waals surface area contributed by atoms with E-state index in [-0.39, 0.29) is 23.2 Å². The monoisotopic (exact) mass is 408 g/mol. The van der Waals surface area contributed by atoms with E-state index in [1.54, 1.807) is 30.3 Å². The first-order valence-electron chi connectivity index (χ1n) is 8.89. The molecule has 7 heteroatoms. The third-order valence-corrected chi connectivity index (χ3v) is 6.31. The van der Waals surface area contributed by atoms with Crippen LogP contribution in [0.15, 0.2) is 90.0 Å². The van der Waals surface area contributed by atoms with Crippen LogP contribution in [0.1, 0.15) is 15.9 Å². The van der Waals surface area contributed by atoms with E-state index in [2.05, 4.69) is 5.32 Å². The first-order chi connectivity index (χ1) is 13.9. The Morgan fingerprint density at radius 1 is 0.897 bits per heavy atom. The molecule has 4 rings (SSSR count). The zero-order chi connectivity index (χ0) is 20.4. The summed E-state index contributed by atoms with van der Waals surface area (Å²) in [6, 6.07) is 20.5. The maximum Gasteiger partial charge on any atom is 0.268 e. The second-order valence-corrected chi connectivity index (χ2v) is 8.32. The highest BCUT2D eigenvalue weighted by molar-refractivity contribution is 7.90. The Morgan fingerprint density at radius 3 is 2.31 bits per heavy atom. The van der Waals surface area contributed by atoms with E-state index < -0.39 is 10.0 Å². The highest BCUT2D eigenvalue weighted by Gasteiger charge is 2.19. The van der Waals surface area contributed by atoms with Crippen molar-refractivity contribution >= 4 is 26.8 Å². The fourth-order valence-electron chi connectivity index (χ4n) is 3.05. The molecule has 1 amide bonds. The molecule has 0 bridgehead atoms. The van der Waals surface area contributed by atoms with Gasteiger partial charge in [0.2, 0.25) is 0 Å². The summed E-state index contributed by atoms with van der Waals surface area (Å²) in [6.07, 6.45) is 1.52. The van der Waals surface area contributed by atoms with Crippen LogP contribution in [0.2, 0.25) is 0 Å². The molecular formula is C22H17FN2O3S. The van der Waals surface area contributed by atoms with Crippen molar-refractivity contribution < 1.29 is 17.6 Å². The van der Waals surface area contributed by atoms with Gasteiger partial charge in [0, 0.05) is 23.7 Å². The van der Waals surface area contributed by atoms with Gasteiger partial charge in [0.05, 0.1) is 10.4 Å². The third kappa shape index (κ3) is 3.77. The Hall–Kier alpha value is -3.45. The van der Waals surface area contributed by atoms with E-state index in [1.807, 2.05) is 12.1 Å². The zero-order valence-corrected chi connectivity index (χ0v) is 16.1. The molecule has 0 aliphatic heterocycles. The Labute approximate surface area is 167 Å². The van der Waals surface area contributed by atoms with Gasteiger partial charge in [-0.1, -0.05) is 30.3 Å². The number of aromatic nitrogens is 1. The molecule has 0 aliphatic rings. The minimum atomic E-state index is -3.77. The summed E-state index contributed by atoms with van der Waals surface area (Å²) >= 11 is 0. The minimum Gasteiger partial charge on any atom is -0.348 e. The molecule has 1 heterocycles. The van der Waals surface area contributed by atoms with E-state index in [1.165, 1.54) is 46.6 Å². The van der Waals surface area contributed by atoms with Gasteiger partial charge in [-0.3, -0.25) is 4.79 Å². The lowest BCUT2D eigenvalue weighted by atomic mass is 10.2. The Morgan fingerprint density at radius 2 is 1.59 bits per heavy atom. The lowest BCUT2D eigenvalue weighted by molar-refractivity contribution is 0.0951. The van der Waals surface area contributed by atoms with Crippen LogP contribution in [0.25, 0.3) is 10.9 Å². The first-order valence-corrected chi connectivity index (χ1v) is 10.3. The largest absolute Gasteiger partial charge is 0.348 e. The number of halogens is 1. The number of nitrogens with zero attached hydrogens (tertiary/aromatic N) is 1. The number of benzene rings is 3. The van der Waals surface area contributed by atoms with Crippen LogP contribution in [0.5, 0.6) is 0 Å². The van der Waals surface area contributed by atoms with Gasteiger partial charge in [-0.2, -0.15) is 0 Å². The molecule has 5 nitrogen and oxygen atoms in total. The molecule has 146 valence electrons. The third-order valence-electron chi connectivity index (χ3n) is 4.60. The maximum absolute atomic E-state index is 13.0. The number of carbonyl (C=O) groups excluding carboxylic acids is 1. The van der Waals surface area contributed by atoms with Gasteiger partial charge in [0.15, 0.2) is 0 Å². The van der Waals surface area contributed by atoms with E-state index in [0.29, 0.717) is 11.1 Å². The van der Waals surface area contributed by atoms with Gasteiger partial charge in [-0.15, -0.1) is 0 Å². The highest BCUT2D eigenvalue weighted by Crippen LogP contribution is 2.22. The van der Waals surface area contributed by atoms with Crippen LogP contribution in [0, 0.1) is 5.82 Å². The Balaban J connectivity index is 1.52. The van der Waals surface area contributed by atoms with E-state index in [4.69, 9.17) is 0 Å². The minimum absolute atomic E-state index is 0.0916. The van der Waals surface area contributed by atoms with Crippen LogP contribution >= 0.6 is 0 Å². The molecule has 0 radical (unpaired) electrons. The fourth-order valence-corrected chi connectivity index (χ4v) is 4.40. The summed E-state index contributed by atoms with van der Waals surface area (Å²) in [5.74, 6) is -0.683. The van der Waals surface area contributed by atoms with Gasteiger partial charge in [0.1, 0.15) is 5.82 Å². The van der Waals surface area contributed by atoms with Crippen LogP contribution in [-0.2, 0) is 16.6 Å². The molecule has 0 atom stereocenters. The summed E-state index contributed by atoms with van der Waals surface area (Å²) in [4.78, 5) is 12.4. The normalized spacial score (nSPS) is 11.5. The number of amides is 1. The van der Waals surface area contributed by atoms with Crippen molar-refractivity contribution in [1.82, 2.24) is 9.29 Å². The second-order valence-electron chi connectivity index (χ2n) is 6.51. The van der Waals surface area contributed by atoms with E-state index >= 15 is 0 Å². The second kappa shape index (κ2) is 7.52. The standard InChI is InChI=1S/C22H17FN2O3S/c23-19-9-5-16(6-10-19)15-24-22(26)18-7-11-20(12-8-18)29(27,28)25-14-13-17-3-1-2-4-21(17)25/h1-14H,15H2,(H,24,26). The van der Waals surface area contributed by atoms with Gasteiger partial charge in [-0.05, 0) is 54.1 Å². The van der Waals surface area contributed by atoms with Crippen molar-refractivity contribution in [3.05, 3.63) is 102 Å². The predicted molar refractivity (Wildman–Crippen MR) is 109 cm³/mol. The molecule has 0 saturated carbocycles. The van der Waals surface area contributed by atoms with Crippen molar-refractivity contribution in [3.8, 4) is 0 Å². The van der Waals surface area contributed by atoms with Crippen molar-refractivity contribution in [3.63, 3.8) is 0 Å².